The molecule has 0 saturated carbocycles. The fraction of sp³-hybridized carbons (Fsp3) is 0.119. The second-order valence-electron chi connectivity index (χ2n) is 13.1. The number of benzene rings is 6. The minimum absolute atomic E-state index is 0.243. The molecule has 0 amide bonds. The number of aryl methyl sites for hydroxylation is 2. The highest BCUT2D eigenvalue weighted by molar-refractivity contribution is 6.26. The van der Waals surface area contributed by atoms with Crippen LogP contribution in [0.1, 0.15) is 36.1 Å². The summed E-state index contributed by atoms with van der Waals surface area (Å²) in [6, 6.07) is 43.3. The van der Waals surface area contributed by atoms with Crippen LogP contribution in [0.3, 0.4) is 0 Å². The molecule has 1 aliphatic carbocycles. The molecule has 0 radical (unpaired) electrons. The Kier molecular flexibility index (Phi) is 5.64. The maximum Gasteiger partial charge on any atom is 0.238 e. The van der Waals surface area contributed by atoms with Crippen LogP contribution < -0.4 is 0 Å². The molecule has 2 heterocycles. The first-order chi connectivity index (χ1) is 22.4. The average Bonchev–Trinajstić information content (AvgIpc) is 3.55. The zero-order valence-electron chi connectivity index (χ0n) is 26.3. The number of hydrogen-bond acceptors (Lipinski definition) is 3. The Morgan fingerprint density at radius 1 is 0.543 bits per heavy atom. The third kappa shape index (κ3) is 3.77. The summed E-state index contributed by atoms with van der Waals surface area (Å²) < 4.78 is 2.31. The lowest BCUT2D eigenvalue weighted by Gasteiger charge is -2.24. The SMILES string of the molecule is Cc1ccc(-c2nc(-c3ccc(C)cc3)nc(-n3c4ccccc4c4c5ccccc5c5c(c43)C(C)(C)c3ccccc3-5)n2)cc1. The predicted molar refractivity (Wildman–Crippen MR) is 190 cm³/mol. The lowest BCUT2D eigenvalue weighted by Crippen LogP contribution is -2.17. The number of aromatic nitrogens is 4. The van der Waals surface area contributed by atoms with Crippen LogP contribution in [0, 0.1) is 13.8 Å². The minimum atomic E-state index is -0.243. The van der Waals surface area contributed by atoms with Crippen LogP contribution in [-0.2, 0) is 5.41 Å². The van der Waals surface area contributed by atoms with E-state index in [4.69, 9.17) is 15.0 Å². The van der Waals surface area contributed by atoms with Gasteiger partial charge in [0.1, 0.15) is 0 Å². The quantitative estimate of drug-likeness (QED) is 0.205. The fourth-order valence-corrected chi connectivity index (χ4v) is 7.53. The van der Waals surface area contributed by atoms with Crippen molar-refractivity contribution in [3.8, 4) is 39.9 Å². The number of rotatable bonds is 3. The van der Waals surface area contributed by atoms with Crippen molar-refractivity contribution >= 4 is 32.6 Å². The van der Waals surface area contributed by atoms with Crippen molar-refractivity contribution in [2.24, 2.45) is 0 Å². The number of fused-ring (bicyclic) bond motifs is 10. The van der Waals surface area contributed by atoms with E-state index >= 15 is 0 Å². The summed E-state index contributed by atoms with van der Waals surface area (Å²) in [4.78, 5) is 15.6. The van der Waals surface area contributed by atoms with E-state index in [1.54, 1.807) is 0 Å². The van der Waals surface area contributed by atoms with Gasteiger partial charge in [-0.05, 0) is 52.9 Å². The van der Waals surface area contributed by atoms with E-state index in [2.05, 4.69) is 154 Å². The standard InChI is InChI=1S/C42H32N4/c1-25-17-21-27(22-18-25)39-43-40(28-23-19-26(2)20-24-28)45-41(44-39)46-34-16-10-8-14-32(34)36-30-12-6-5-11-29(30)35-31-13-7-9-15-33(31)42(3,4)37(35)38(36)46/h5-24H,1-4H3. The maximum atomic E-state index is 5.26. The molecule has 0 saturated heterocycles. The van der Waals surface area contributed by atoms with Gasteiger partial charge in [-0.1, -0.05) is 140 Å². The van der Waals surface area contributed by atoms with Gasteiger partial charge in [0.2, 0.25) is 5.95 Å². The van der Waals surface area contributed by atoms with Gasteiger partial charge in [-0.25, -0.2) is 4.98 Å². The molecule has 0 spiro atoms. The van der Waals surface area contributed by atoms with E-state index in [0.29, 0.717) is 17.6 Å². The Hall–Kier alpha value is -5.61. The summed E-state index contributed by atoms with van der Waals surface area (Å²) in [5.41, 5.74) is 11.6. The fourth-order valence-electron chi connectivity index (χ4n) is 7.53. The van der Waals surface area contributed by atoms with Crippen molar-refractivity contribution in [2.45, 2.75) is 33.1 Å². The molecule has 8 aromatic rings. The molecule has 2 aromatic heterocycles. The van der Waals surface area contributed by atoms with E-state index in [1.165, 1.54) is 54.9 Å². The molecule has 6 aromatic carbocycles. The lowest BCUT2D eigenvalue weighted by molar-refractivity contribution is 0.663. The molecule has 0 aliphatic heterocycles. The summed E-state index contributed by atoms with van der Waals surface area (Å²) in [5, 5.41) is 4.95. The molecule has 4 heteroatoms. The predicted octanol–water partition coefficient (Wildman–Crippen LogP) is 10.4. The largest absolute Gasteiger partial charge is 0.277 e. The molecule has 46 heavy (non-hydrogen) atoms. The van der Waals surface area contributed by atoms with Crippen LogP contribution in [0.15, 0.2) is 121 Å². The Bertz CT molecular complexity index is 2440. The van der Waals surface area contributed by atoms with Crippen LogP contribution in [0.5, 0.6) is 0 Å². The summed E-state index contributed by atoms with van der Waals surface area (Å²) in [6.45, 7) is 8.92. The first kappa shape index (κ1) is 26.8. The van der Waals surface area contributed by atoms with E-state index in [-0.39, 0.29) is 5.41 Å². The number of para-hydroxylation sites is 1. The highest BCUT2D eigenvalue weighted by Crippen LogP contribution is 2.56. The third-order valence-corrected chi connectivity index (χ3v) is 9.77. The van der Waals surface area contributed by atoms with E-state index in [9.17, 15) is 0 Å². The smallest absolute Gasteiger partial charge is 0.238 e. The summed E-state index contributed by atoms with van der Waals surface area (Å²) in [6.07, 6.45) is 0. The molecule has 0 N–H and O–H groups in total. The second kappa shape index (κ2) is 9.69. The highest BCUT2D eigenvalue weighted by atomic mass is 15.2. The van der Waals surface area contributed by atoms with Gasteiger partial charge >= 0.3 is 0 Å². The first-order valence-electron chi connectivity index (χ1n) is 15.9. The molecular weight excluding hydrogens is 560 g/mol. The number of nitrogens with zero attached hydrogens (tertiary/aromatic N) is 4. The molecule has 0 atom stereocenters. The minimum Gasteiger partial charge on any atom is -0.277 e. The van der Waals surface area contributed by atoms with Crippen LogP contribution >= 0.6 is 0 Å². The molecule has 0 bridgehead atoms. The zero-order valence-corrected chi connectivity index (χ0v) is 26.3. The molecule has 4 nitrogen and oxygen atoms in total. The Labute approximate surface area is 268 Å². The van der Waals surface area contributed by atoms with Gasteiger partial charge in [-0.2, -0.15) is 9.97 Å². The normalized spacial score (nSPS) is 13.4. The third-order valence-electron chi connectivity index (χ3n) is 9.77. The van der Waals surface area contributed by atoms with Gasteiger partial charge in [-0.15, -0.1) is 0 Å². The van der Waals surface area contributed by atoms with Gasteiger partial charge in [0.15, 0.2) is 11.6 Å². The van der Waals surface area contributed by atoms with Crippen molar-refractivity contribution in [3.63, 3.8) is 0 Å². The van der Waals surface area contributed by atoms with E-state index in [0.717, 1.165) is 22.2 Å². The zero-order chi connectivity index (χ0) is 31.2. The number of hydrogen-bond donors (Lipinski definition) is 0. The topological polar surface area (TPSA) is 43.6 Å². The molecular formula is C42H32N4. The van der Waals surface area contributed by atoms with Gasteiger partial charge < -0.3 is 0 Å². The van der Waals surface area contributed by atoms with Gasteiger partial charge in [-0.3, -0.25) is 4.57 Å². The summed E-state index contributed by atoms with van der Waals surface area (Å²) in [7, 11) is 0. The molecule has 0 unspecified atom stereocenters. The van der Waals surface area contributed by atoms with Crippen LogP contribution in [0.4, 0.5) is 0 Å². The van der Waals surface area contributed by atoms with Crippen molar-refractivity contribution in [1.82, 2.24) is 19.5 Å². The average molecular weight is 593 g/mol. The first-order valence-corrected chi connectivity index (χ1v) is 15.9. The monoisotopic (exact) mass is 592 g/mol. The van der Waals surface area contributed by atoms with Crippen LogP contribution in [-0.4, -0.2) is 19.5 Å². The maximum absolute atomic E-state index is 5.26. The second-order valence-corrected chi connectivity index (χ2v) is 13.1. The van der Waals surface area contributed by atoms with Gasteiger partial charge in [0, 0.05) is 27.3 Å². The van der Waals surface area contributed by atoms with Crippen molar-refractivity contribution < 1.29 is 0 Å². The van der Waals surface area contributed by atoms with Gasteiger partial charge in [0.25, 0.3) is 0 Å². The van der Waals surface area contributed by atoms with Crippen LogP contribution in [0.25, 0.3) is 72.4 Å². The van der Waals surface area contributed by atoms with Gasteiger partial charge in [0.05, 0.1) is 11.0 Å². The Morgan fingerprint density at radius 3 is 1.74 bits per heavy atom. The van der Waals surface area contributed by atoms with E-state index in [1.807, 2.05) is 0 Å². The van der Waals surface area contributed by atoms with E-state index < -0.39 is 0 Å². The summed E-state index contributed by atoms with van der Waals surface area (Å²) in [5.74, 6) is 1.94. The van der Waals surface area contributed by atoms with Crippen molar-refractivity contribution in [2.75, 3.05) is 0 Å². The highest BCUT2D eigenvalue weighted by Gasteiger charge is 2.40. The molecule has 220 valence electrons. The molecule has 9 rings (SSSR count). The lowest BCUT2D eigenvalue weighted by atomic mass is 9.80. The summed E-state index contributed by atoms with van der Waals surface area (Å²) >= 11 is 0. The molecule has 1 aliphatic rings. The van der Waals surface area contributed by atoms with Crippen molar-refractivity contribution in [1.29, 1.82) is 0 Å². The Balaban J connectivity index is 1.47. The Morgan fingerprint density at radius 2 is 1.09 bits per heavy atom. The molecule has 0 fully saturated rings. The van der Waals surface area contributed by atoms with Crippen LogP contribution in [0.2, 0.25) is 0 Å². The van der Waals surface area contributed by atoms with Crippen molar-refractivity contribution in [3.05, 3.63) is 144 Å².